The summed E-state index contributed by atoms with van der Waals surface area (Å²) in [6.45, 7) is 29.9. The molecule has 0 heteroatoms. The summed E-state index contributed by atoms with van der Waals surface area (Å²) in [6, 6.07) is 0. The van der Waals surface area contributed by atoms with Crippen LogP contribution in [0.25, 0.3) is 0 Å². The van der Waals surface area contributed by atoms with Gasteiger partial charge in [-0.25, -0.2) is 0 Å². The maximum atomic E-state index is 4.19. The van der Waals surface area contributed by atoms with Crippen LogP contribution < -0.4 is 0 Å². The molecule has 0 aromatic carbocycles. The maximum Gasteiger partial charge on any atom is -0.00539 e. The van der Waals surface area contributed by atoms with Crippen LogP contribution in [-0.2, 0) is 0 Å². The summed E-state index contributed by atoms with van der Waals surface area (Å²) in [5.41, 5.74) is 4.95. The zero-order valence-corrected chi connectivity index (χ0v) is 19.4. The minimum Gasteiger partial charge on any atom is -0.106 e. The van der Waals surface area contributed by atoms with Crippen LogP contribution in [0.5, 0.6) is 0 Å². The van der Waals surface area contributed by atoms with E-state index in [0.717, 1.165) is 12.0 Å². The van der Waals surface area contributed by atoms with Gasteiger partial charge in [-0.3, -0.25) is 0 Å². The molecule has 0 saturated carbocycles. The second-order valence-corrected chi connectivity index (χ2v) is 6.08. The van der Waals surface area contributed by atoms with E-state index in [1.807, 2.05) is 39.0 Å². The molecule has 0 amide bonds. The van der Waals surface area contributed by atoms with E-state index in [-0.39, 0.29) is 0 Å². The number of hydrogen-bond donors (Lipinski definition) is 0. The highest BCUT2D eigenvalue weighted by Crippen LogP contribution is 2.20. The molecule has 0 heterocycles. The molecule has 1 rings (SSSR count). The highest BCUT2D eigenvalue weighted by atomic mass is 14.1. The first-order valence-electron chi connectivity index (χ1n) is 10.2. The van der Waals surface area contributed by atoms with Crippen molar-refractivity contribution >= 4 is 0 Å². The molecule has 0 aromatic heterocycles. The first kappa shape index (κ1) is 30.4. The van der Waals surface area contributed by atoms with Crippen LogP contribution in [0.15, 0.2) is 110 Å². The van der Waals surface area contributed by atoms with Crippen LogP contribution in [0, 0.1) is 5.92 Å². The lowest BCUT2D eigenvalue weighted by Crippen LogP contribution is -1.91. The molecule has 0 N–H and O–H groups in total. The molecule has 1 unspecified atom stereocenters. The fourth-order valence-electron chi connectivity index (χ4n) is 2.22. The van der Waals surface area contributed by atoms with Gasteiger partial charge in [0.05, 0.1) is 0 Å². The highest BCUT2D eigenvalue weighted by Gasteiger charge is 2.01. The summed E-state index contributed by atoms with van der Waals surface area (Å²) in [5, 5.41) is 0. The van der Waals surface area contributed by atoms with E-state index in [4.69, 9.17) is 0 Å². The molecule has 0 bridgehead atoms. The average Bonchev–Trinajstić information content (AvgIpc) is 3.01. The zero-order chi connectivity index (χ0) is 22.4. The molecule has 0 aromatic rings. The maximum absolute atomic E-state index is 4.19. The van der Waals surface area contributed by atoms with Crippen molar-refractivity contribution < 1.29 is 0 Å². The number of rotatable bonds is 6. The second kappa shape index (κ2) is 22.7. The first-order valence-corrected chi connectivity index (χ1v) is 10.2. The van der Waals surface area contributed by atoms with Gasteiger partial charge in [-0.05, 0) is 57.1 Å². The lowest BCUT2D eigenvalue weighted by molar-refractivity contribution is 0.863. The minimum atomic E-state index is 0.425. The van der Waals surface area contributed by atoms with Gasteiger partial charge < -0.3 is 0 Å². The molecular weight excluding hydrogens is 336 g/mol. The van der Waals surface area contributed by atoms with Gasteiger partial charge in [-0.2, -0.15) is 0 Å². The van der Waals surface area contributed by atoms with E-state index in [2.05, 4.69) is 84.0 Å². The van der Waals surface area contributed by atoms with E-state index < -0.39 is 0 Å². The normalized spacial score (nSPS) is 14.6. The van der Waals surface area contributed by atoms with Crippen LogP contribution in [0.1, 0.15) is 60.8 Å². The Balaban J connectivity index is -0.000000590. The summed E-state index contributed by atoms with van der Waals surface area (Å²) in [5.74, 6) is 0.425. The standard InChI is InChI=1S/C19H26.C5H8.C2H6.C2H4/c1-6-16(3)17(4)13-15(2)14-18(5)19-11-9-7-8-10-12-19;1-3-5-4-2;2*1-2/h6,9,11-14,16H,1,5,7-8,10H2,2-4H3;3-5H,1H2,2H3;1-2H3;1-2H2/b15-14-,17-13+;5-4-;;. The van der Waals surface area contributed by atoms with E-state index in [0.29, 0.717) is 5.92 Å². The molecule has 0 aliphatic heterocycles. The zero-order valence-electron chi connectivity index (χ0n) is 19.4. The molecule has 0 fully saturated rings. The van der Waals surface area contributed by atoms with Crippen LogP contribution in [0.3, 0.4) is 0 Å². The SMILES string of the molecule is C=C.C=C/C=C\C.C=CC(C)/C(C)=C/C(C)=C\C(=C)C1=CCCCC=C1.CC. The third-order valence-electron chi connectivity index (χ3n) is 3.86. The Kier molecular flexibility index (Phi) is 24.6. The van der Waals surface area contributed by atoms with Crippen molar-refractivity contribution in [3.8, 4) is 0 Å². The summed E-state index contributed by atoms with van der Waals surface area (Å²) in [6.07, 6.45) is 22.2. The van der Waals surface area contributed by atoms with Crippen molar-refractivity contribution in [3.05, 3.63) is 110 Å². The van der Waals surface area contributed by atoms with Crippen molar-refractivity contribution in [2.75, 3.05) is 0 Å². The van der Waals surface area contributed by atoms with Crippen LogP contribution in [0.4, 0.5) is 0 Å². The van der Waals surface area contributed by atoms with Gasteiger partial charge in [0, 0.05) is 0 Å². The lowest BCUT2D eigenvalue weighted by atomic mass is 9.99. The van der Waals surface area contributed by atoms with E-state index in [1.165, 1.54) is 29.6 Å². The average molecular weight is 381 g/mol. The molecule has 156 valence electrons. The van der Waals surface area contributed by atoms with E-state index in [9.17, 15) is 0 Å². The topological polar surface area (TPSA) is 0 Å². The van der Waals surface area contributed by atoms with Gasteiger partial charge in [0.2, 0.25) is 0 Å². The fourth-order valence-corrected chi connectivity index (χ4v) is 2.22. The predicted molar refractivity (Wildman–Crippen MR) is 135 cm³/mol. The Hall–Kier alpha value is -2.34. The molecule has 0 radical (unpaired) electrons. The summed E-state index contributed by atoms with van der Waals surface area (Å²) >= 11 is 0. The van der Waals surface area contributed by atoms with Crippen molar-refractivity contribution in [1.29, 1.82) is 0 Å². The second-order valence-electron chi connectivity index (χ2n) is 6.08. The first-order chi connectivity index (χ1) is 13.5. The predicted octanol–water partition coefficient (Wildman–Crippen LogP) is 9.50. The molecule has 28 heavy (non-hydrogen) atoms. The largest absolute Gasteiger partial charge is 0.106 e. The van der Waals surface area contributed by atoms with Crippen molar-refractivity contribution in [3.63, 3.8) is 0 Å². The molecule has 0 saturated heterocycles. The molecule has 0 nitrogen and oxygen atoms in total. The Bertz CT molecular complexity index is 573. The van der Waals surface area contributed by atoms with Crippen molar-refractivity contribution in [2.45, 2.75) is 60.8 Å². The van der Waals surface area contributed by atoms with E-state index >= 15 is 0 Å². The Labute approximate surface area is 176 Å². The Morgan fingerprint density at radius 2 is 1.68 bits per heavy atom. The van der Waals surface area contributed by atoms with E-state index in [1.54, 1.807) is 6.08 Å². The molecule has 0 spiro atoms. The quantitative estimate of drug-likeness (QED) is 0.318. The van der Waals surface area contributed by atoms with Crippen molar-refractivity contribution in [1.82, 2.24) is 0 Å². The number of hydrogen-bond acceptors (Lipinski definition) is 0. The van der Waals surface area contributed by atoms with Crippen LogP contribution >= 0.6 is 0 Å². The third kappa shape index (κ3) is 17.1. The summed E-state index contributed by atoms with van der Waals surface area (Å²) < 4.78 is 0. The highest BCUT2D eigenvalue weighted by molar-refractivity contribution is 5.47. The molecule has 1 atom stereocenters. The Morgan fingerprint density at radius 3 is 2.14 bits per heavy atom. The Morgan fingerprint density at radius 1 is 1.07 bits per heavy atom. The smallest absolute Gasteiger partial charge is 0.00539 e. The molecular formula is C28H44. The third-order valence-corrected chi connectivity index (χ3v) is 3.86. The molecule has 1 aliphatic rings. The van der Waals surface area contributed by atoms with Crippen molar-refractivity contribution in [2.24, 2.45) is 5.92 Å². The monoisotopic (exact) mass is 380 g/mol. The van der Waals surface area contributed by atoms with Gasteiger partial charge in [-0.15, -0.1) is 19.7 Å². The summed E-state index contributed by atoms with van der Waals surface area (Å²) in [4.78, 5) is 0. The van der Waals surface area contributed by atoms with Crippen LogP contribution in [-0.4, -0.2) is 0 Å². The number of allylic oxidation sites excluding steroid dienone is 13. The minimum absolute atomic E-state index is 0.425. The van der Waals surface area contributed by atoms with Gasteiger partial charge in [0.15, 0.2) is 0 Å². The lowest BCUT2D eigenvalue weighted by Gasteiger charge is -2.07. The van der Waals surface area contributed by atoms with Gasteiger partial charge in [-0.1, -0.05) is 99.8 Å². The fraction of sp³-hybridized carbons (Fsp3) is 0.357. The van der Waals surface area contributed by atoms with Gasteiger partial charge in [0.25, 0.3) is 0 Å². The van der Waals surface area contributed by atoms with Crippen LogP contribution in [0.2, 0.25) is 0 Å². The molecule has 1 aliphatic carbocycles. The summed E-state index contributed by atoms with van der Waals surface area (Å²) in [7, 11) is 0. The van der Waals surface area contributed by atoms with Gasteiger partial charge >= 0.3 is 0 Å². The van der Waals surface area contributed by atoms with Gasteiger partial charge in [0.1, 0.15) is 0 Å².